The van der Waals surface area contributed by atoms with Crippen LogP contribution in [0, 0.1) is 26.7 Å². The molecular formula is C17H27NO4S2. The molecule has 0 unspecified atom stereocenters. The number of benzene rings is 1. The lowest BCUT2D eigenvalue weighted by molar-refractivity contribution is 0.307. The number of sulfone groups is 1. The van der Waals surface area contributed by atoms with E-state index in [1.807, 2.05) is 33.8 Å². The summed E-state index contributed by atoms with van der Waals surface area (Å²) in [6, 6.07) is 3.11. The number of hydrogen-bond donors (Lipinski definition) is 0. The molecule has 1 fully saturated rings. The lowest BCUT2D eigenvalue weighted by atomic mass is 10.1. The molecule has 0 N–H and O–H groups in total. The molecule has 7 heteroatoms. The monoisotopic (exact) mass is 373 g/mol. The summed E-state index contributed by atoms with van der Waals surface area (Å²) in [6.07, 6.45) is 0.373. The molecule has 1 aliphatic rings. The van der Waals surface area contributed by atoms with Gasteiger partial charge in [-0.25, -0.2) is 16.8 Å². The van der Waals surface area contributed by atoms with Crippen LogP contribution in [0.2, 0.25) is 0 Å². The molecule has 0 bridgehead atoms. The van der Waals surface area contributed by atoms with Crippen LogP contribution in [0.25, 0.3) is 0 Å². The van der Waals surface area contributed by atoms with Gasteiger partial charge in [-0.1, -0.05) is 19.9 Å². The summed E-state index contributed by atoms with van der Waals surface area (Å²) in [5, 5.41) is 0. The van der Waals surface area contributed by atoms with E-state index in [-0.39, 0.29) is 22.3 Å². The third kappa shape index (κ3) is 4.00. The van der Waals surface area contributed by atoms with E-state index in [9.17, 15) is 16.8 Å². The van der Waals surface area contributed by atoms with Gasteiger partial charge >= 0.3 is 0 Å². The van der Waals surface area contributed by atoms with E-state index in [2.05, 4.69) is 0 Å². The Bertz CT molecular complexity index is 826. The fraction of sp³-hybridized carbons (Fsp3) is 0.647. The van der Waals surface area contributed by atoms with E-state index in [1.54, 1.807) is 13.0 Å². The number of hydrogen-bond acceptors (Lipinski definition) is 4. The highest BCUT2D eigenvalue weighted by atomic mass is 32.2. The van der Waals surface area contributed by atoms with Gasteiger partial charge in [0.05, 0.1) is 16.4 Å². The molecule has 0 radical (unpaired) electrons. The molecule has 1 saturated heterocycles. The average Bonchev–Trinajstić information content (AvgIpc) is 2.79. The van der Waals surface area contributed by atoms with E-state index in [0.29, 0.717) is 18.5 Å². The highest BCUT2D eigenvalue weighted by molar-refractivity contribution is 7.92. The lowest BCUT2D eigenvalue weighted by Crippen LogP contribution is -2.43. The Morgan fingerprint density at radius 2 is 1.71 bits per heavy atom. The smallest absolute Gasteiger partial charge is 0.229 e. The molecule has 5 nitrogen and oxygen atoms in total. The predicted molar refractivity (Wildman–Crippen MR) is 96.4 cm³/mol. The van der Waals surface area contributed by atoms with E-state index in [0.717, 1.165) is 11.1 Å². The zero-order valence-corrected chi connectivity index (χ0v) is 16.7. The van der Waals surface area contributed by atoms with Crippen LogP contribution in [0.15, 0.2) is 17.0 Å². The van der Waals surface area contributed by atoms with Crippen molar-refractivity contribution in [3.63, 3.8) is 0 Å². The van der Waals surface area contributed by atoms with Crippen molar-refractivity contribution in [3.8, 4) is 0 Å². The Balaban J connectivity index is 2.50. The first-order valence-corrected chi connectivity index (χ1v) is 11.5. The first-order valence-electron chi connectivity index (χ1n) is 8.24. The lowest BCUT2D eigenvalue weighted by Gasteiger charge is -2.29. The first-order chi connectivity index (χ1) is 10.9. The van der Waals surface area contributed by atoms with Gasteiger partial charge in [-0.05, 0) is 55.9 Å². The quantitative estimate of drug-likeness (QED) is 0.795. The molecule has 24 heavy (non-hydrogen) atoms. The maximum Gasteiger partial charge on any atom is 0.243 e. The van der Waals surface area contributed by atoms with E-state index < -0.39 is 25.9 Å². The van der Waals surface area contributed by atoms with Gasteiger partial charge in [0.2, 0.25) is 10.0 Å². The molecule has 1 heterocycles. The van der Waals surface area contributed by atoms with Crippen molar-refractivity contribution in [2.45, 2.75) is 52.0 Å². The van der Waals surface area contributed by atoms with Crippen LogP contribution in [-0.4, -0.2) is 45.2 Å². The predicted octanol–water partition coefficient (Wildman–Crippen LogP) is 2.45. The van der Waals surface area contributed by atoms with Gasteiger partial charge in [0, 0.05) is 12.6 Å². The Hall–Kier alpha value is -0.920. The molecule has 1 aromatic rings. The van der Waals surface area contributed by atoms with Crippen molar-refractivity contribution in [1.82, 2.24) is 4.31 Å². The summed E-state index contributed by atoms with van der Waals surface area (Å²) in [6.45, 7) is 9.85. The molecule has 1 atom stereocenters. The molecule has 0 saturated carbocycles. The zero-order chi connectivity index (χ0) is 18.3. The number of rotatable bonds is 5. The van der Waals surface area contributed by atoms with Crippen LogP contribution in [0.1, 0.15) is 37.0 Å². The summed E-state index contributed by atoms with van der Waals surface area (Å²) in [7, 11) is -6.88. The van der Waals surface area contributed by atoms with Gasteiger partial charge < -0.3 is 0 Å². The largest absolute Gasteiger partial charge is 0.243 e. The van der Waals surface area contributed by atoms with Crippen molar-refractivity contribution in [2.75, 3.05) is 18.1 Å². The standard InChI is InChI=1S/C17H27NO4S2/c1-12(2)10-18(16-6-7-23(19,20)11-16)24(21,22)17-9-14(4)13(3)8-15(17)5/h8-9,12,16H,6-7,10-11H2,1-5H3/t16-/m1/s1. The average molecular weight is 374 g/mol. The van der Waals surface area contributed by atoms with Gasteiger partial charge in [-0.2, -0.15) is 4.31 Å². The fourth-order valence-electron chi connectivity index (χ4n) is 3.14. The third-order valence-corrected chi connectivity index (χ3v) is 8.35. The molecular weight excluding hydrogens is 346 g/mol. The van der Waals surface area contributed by atoms with Gasteiger partial charge in [-0.3, -0.25) is 0 Å². The fourth-order valence-corrected chi connectivity index (χ4v) is 7.08. The first kappa shape index (κ1) is 19.4. The van der Waals surface area contributed by atoms with E-state index in [4.69, 9.17) is 0 Å². The Morgan fingerprint density at radius 3 is 2.21 bits per heavy atom. The van der Waals surface area contributed by atoms with Crippen LogP contribution < -0.4 is 0 Å². The van der Waals surface area contributed by atoms with Crippen LogP contribution in [0.5, 0.6) is 0 Å². The maximum absolute atomic E-state index is 13.3. The van der Waals surface area contributed by atoms with Gasteiger partial charge in [0.1, 0.15) is 0 Å². The second-order valence-electron chi connectivity index (χ2n) is 7.23. The molecule has 1 aliphatic heterocycles. The van der Waals surface area contributed by atoms with Crippen molar-refractivity contribution in [1.29, 1.82) is 0 Å². The van der Waals surface area contributed by atoms with Crippen molar-refractivity contribution in [3.05, 3.63) is 28.8 Å². The highest BCUT2D eigenvalue weighted by Gasteiger charge is 2.39. The number of aryl methyl sites for hydroxylation is 3. The summed E-state index contributed by atoms with van der Waals surface area (Å²) in [5.41, 5.74) is 2.67. The van der Waals surface area contributed by atoms with Crippen LogP contribution in [0.3, 0.4) is 0 Å². The zero-order valence-electron chi connectivity index (χ0n) is 15.0. The summed E-state index contributed by atoms with van der Waals surface area (Å²) in [5.74, 6) is 0.103. The second-order valence-corrected chi connectivity index (χ2v) is 11.3. The van der Waals surface area contributed by atoms with Gasteiger partial charge in [0.15, 0.2) is 9.84 Å². The van der Waals surface area contributed by atoms with Crippen LogP contribution in [0.4, 0.5) is 0 Å². The second kappa shape index (κ2) is 6.77. The number of sulfonamides is 1. The topological polar surface area (TPSA) is 71.5 Å². The van der Waals surface area contributed by atoms with Crippen LogP contribution >= 0.6 is 0 Å². The van der Waals surface area contributed by atoms with Crippen molar-refractivity contribution < 1.29 is 16.8 Å². The normalized spacial score (nSPS) is 20.9. The molecule has 2 rings (SSSR count). The minimum Gasteiger partial charge on any atom is -0.229 e. The Labute approximate surface area is 146 Å². The van der Waals surface area contributed by atoms with Crippen LogP contribution in [-0.2, 0) is 19.9 Å². The highest BCUT2D eigenvalue weighted by Crippen LogP contribution is 2.29. The SMILES string of the molecule is Cc1cc(C)c(S(=O)(=O)N(CC(C)C)[C@@H]2CCS(=O)(=O)C2)cc1C. The Morgan fingerprint density at radius 1 is 1.12 bits per heavy atom. The molecule has 0 amide bonds. The molecule has 1 aromatic carbocycles. The molecule has 136 valence electrons. The minimum atomic E-state index is -3.73. The summed E-state index contributed by atoms with van der Waals surface area (Å²) >= 11 is 0. The number of nitrogens with zero attached hydrogens (tertiary/aromatic N) is 1. The van der Waals surface area contributed by atoms with Crippen molar-refractivity contribution in [2.24, 2.45) is 5.92 Å². The van der Waals surface area contributed by atoms with E-state index in [1.165, 1.54) is 4.31 Å². The van der Waals surface area contributed by atoms with Gasteiger partial charge in [0.25, 0.3) is 0 Å². The Kier molecular flexibility index (Phi) is 5.47. The summed E-state index contributed by atoms with van der Waals surface area (Å²) in [4.78, 5) is 0.288. The molecule has 0 aliphatic carbocycles. The third-order valence-electron chi connectivity index (χ3n) is 4.54. The van der Waals surface area contributed by atoms with Gasteiger partial charge in [-0.15, -0.1) is 0 Å². The van der Waals surface area contributed by atoms with E-state index >= 15 is 0 Å². The molecule has 0 spiro atoms. The minimum absolute atomic E-state index is 0.0632. The molecule has 0 aromatic heterocycles. The summed E-state index contributed by atoms with van der Waals surface area (Å²) < 4.78 is 51.7. The maximum atomic E-state index is 13.3. The van der Waals surface area contributed by atoms with Crippen molar-refractivity contribution >= 4 is 19.9 Å².